The second-order valence-corrected chi connectivity index (χ2v) is 4.57. The monoisotopic (exact) mass is 287 g/mol. The highest BCUT2D eigenvalue weighted by Crippen LogP contribution is 2.09. The van der Waals surface area contributed by atoms with Crippen LogP contribution in [0.4, 0.5) is 0 Å². The first-order valence-corrected chi connectivity index (χ1v) is 6.72. The molecule has 0 spiro atoms. The van der Waals surface area contributed by atoms with Crippen molar-refractivity contribution >= 4 is 12.7 Å². The molecule has 0 aliphatic rings. The van der Waals surface area contributed by atoms with Crippen LogP contribution in [0.3, 0.4) is 0 Å². The first-order valence-electron chi connectivity index (χ1n) is 6.72. The third kappa shape index (κ3) is 3.92. The summed E-state index contributed by atoms with van der Waals surface area (Å²) >= 11 is 0. The Morgan fingerprint density at radius 1 is 1.29 bits per heavy atom. The van der Waals surface area contributed by atoms with Crippen LogP contribution in [0.25, 0.3) is 12.7 Å². The Hall–Kier alpha value is -2.63. The summed E-state index contributed by atoms with van der Waals surface area (Å²) in [5, 5.41) is 0.171. The normalized spacial score (nSPS) is 11.6. The van der Waals surface area contributed by atoms with Crippen molar-refractivity contribution in [2.45, 2.75) is 19.8 Å². The minimum absolute atomic E-state index is 0.0322. The minimum atomic E-state index is -0.430. The predicted molar refractivity (Wildman–Crippen MR) is 80.7 cm³/mol. The van der Waals surface area contributed by atoms with E-state index in [0.29, 0.717) is 18.1 Å². The molecule has 0 aliphatic heterocycles. The largest absolute Gasteiger partial charge is 0.492 e. The summed E-state index contributed by atoms with van der Waals surface area (Å²) in [6.45, 7) is 6.18. The molecule has 0 unspecified atom stereocenters. The van der Waals surface area contributed by atoms with Gasteiger partial charge in [-0.1, -0.05) is 19.9 Å². The number of nitrogens with one attached hydrogen (secondary N) is 2. The zero-order valence-electron chi connectivity index (χ0n) is 11.8. The van der Waals surface area contributed by atoms with Gasteiger partial charge < -0.3 is 14.7 Å². The number of H-pyrrole nitrogens is 2. The molecular weight excluding hydrogens is 270 g/mol. The van der Waals surface area contributed by atoms with Crippen molar-refractivity contribution in [1.82, 2.24) is 15.0 Å². The lowest BCUT2D eigenvalue weighted by atomic mass is 10.3. The van der Waals surface area contributed by atoms with Gasteiger partial charge in [-0.25, -0.2) is 0 Å². The maximum atomic E-state index is 11.7. The molecular formula is C15H17N3O3. The predicted octanol–water partition coefficient (Wildman–Crippen LogP) is -0.124. The number of nitrogens with zero attached hydrogens (tertiary/aromatic N) is 1. The van der Waals surface area contributed by atoms with Gasteiger partial charge in [0.25, 0.3) is 11.1 Å². The third-order valence-electron chi connectivity index (χ3n) is 2.85. The van der Waals surface area contributed by atoms with Gasteiger partial charge in [0.15, 0.2) is 0 Å². The summed E-state index contributed by atoms with van der Waals surface area (Å²) < 4.78 is 5.50. The lowest BCUT2D eigenvalue weighted by molar-refractivity contribution is 0.308. The van der Waals surface area contributed by atoms with E-state index in [4.69, 9.17) is 4.74 Å². The van der Waals surface area contributed by atoms with Crippen molar-refractivity contribution in [3.05, 3.63) is 55.4 Å². The lowest BCUT2D eigenvalue weighted by Crippen LogP contribution is -2.46. The molecule has 6 nitrogen and oxygen atoms in total. The van der Waals surface area contributed by atoms with Crippen molar-refractivity contribution in [3.8, 4) is 5.75 Å². The molecule has 0 aromatic carbocycles. The van der Waals surface area contributed by atoms with E-state index in [9.17, 15) is 9.59 Å². The van der Waals surface area contributed by atoms with E-state index in [1.54, 1.807) is 18.3 Å². The molecule has 0 fully saturated rings. The van der Waals surface area contributed by atoms with Crippen LogP contribution >= 0.6 is 0 Å². The molecule has 2 aromatic rings. The zero-order chi connectivity index (χ0) is 15.2. The van der Waals surface area contributed by atoms with Gasteiger partial charge >= 0.3 is 0 Å². The number of ether oxygens (including phenoxy) is 1. The molecule has 0 aliphatic carbocycles. The Balaban J connectivity index is 2.26. The SMILES string of the molecule is C=c1[nH]c(=O)c(=Cc2ccc(OCCCC)cn2)[nH]c1=O. The highest BCUT2D eigenvalue weighted by atomic mass is 16.5. The number of hydrogen-bond acceptors (Lipinski definition) is 4. The summed E-state index contributed by atoms with van der Waals surface area (Å²) in [6.07, 6.45) is 5.14. The van der Waals surface area contributed by atoms with Crippen LogP contribution in [-0.4, -0.2) is 21.6 Å². The maximum Gasteiger partial charge on any atom is 0.272 e. The van der Waals surface area contributed by atoms with Crippen LogP contribution in [0.2, 0.25) is 0 Å². The standard InChI is InChI=1S/C15H17N3O3/c1-3-4-7-21-12-6-5-11(16-9-12)8-13-15(20)17-10(2)14(19)18-13/h5-6,8-9H,2-4,7H2,1H3,(H,17,20)(H,18,19). The van der Waals surface area contributed by atoms with E-state index in [1.165, 1.54) is 6.08 Å². The fourth-order valence-corrected chi connectivity index (χ4v) is 1.66. The van der Waals surface area contributed by atoms with E-state index in [2.05, 4.69) is 28.5 Å². The average molecular weight is 287 g/mol. The van der Waals surface area contributed by atoms with Gasteiger partial charge in [-0.3, -0.25) is 14.6 Å². The molecule has 0 saturated heterocycles. The minimum Gasteiger partial charge on any atom is -0.492 e. The van der Waals surface area contributed by atoms with E-state index in [-0.39, 0.29) is 10.7 Å². The van der Waals surface area contributed by atoms with Crippen molar-refractivity contribution in [2.75, 3.05) is 6.61 Å². The van der Waals surface area contributed by atoms with Gasteiger partial charge in [0.1, 0.15) is 11.1 Å². The summed E-state index contributed by atoms with van der Waals surface area (Å²) in [5.41, 5.74) is -0.291. The van der Waals surface area contributed by atoms with Crippen LogP contribution in [0, 0.1) is 0 Å². The molecule has 110 valence electrons. The van der Waals surface area contributed by atoms with Crippen LogP contribution in [0.5, 0.6) is 5.75 Å². The van der Waals surface area contributed by atoms with Crippen molar-refractivity contribution in [2.24, 2.45) is 0 Å². The quantitative estimate of drug-likeness (QED) is 0.750. The van der Waals surface area contributed by atoms with E-state index in [1.807, 2.05) is 0 Å². The van der Waals surface area contributed by atoms with Crippen molar-refractivity contribution < 1.29 is 4.74 Å². The summed E-state index contributed by atoms with van der Waals surface area (Å²) in [7, 11) is 0. The molecule has 0 saturated carbocycles. The first kappa shape index (κ1) is 14.8. The highest BCUT2D eigenvalue weighted by molar-refractivity contribution is 5.43. The number of aromatic amines is 2. The van der Waals surface area contributed by atoms with Crippen molar-refractivity contribution in [3.63, 3.8) is 0 Å². The molecule has 0 atom stereocenters. The van der Waals surface area contributed by atoms with Crippen LogP contribution in [-0.2, 0) is 0 Å². The molecule has 2 N–H and O–H groups in total. The highest BCUT2D eigenvalue weighted by Gasteiger charge is 1.97. The number of pyridine rings is 1. The van der Waals surface area contributed by atoms with Crippen molar-refractivity contribution in [1.29, 1.82) is 0 Å². The van der Waals surface area contributed by atoms with Gasteiger partial charge in [-0.15, -0.1) is 0 Å². The Labute approximate surface area is 120 Å². The van der Waals surface area contributed by atoms with Crippen LogP contribution in [0.1, 0.15) is 25.5 Å². The molecule has 6 heteroatoms. The summed E-state index contributed by atoms with van der Waals surface area (Å²) in [4.78, 5) is 32.1. The van der Waals surface area contributed by atoms with E-state index in [0.717, 1.165) is 12.8 Å². The third-order valence-corrected chi connectivity index (χ3v) is 2.85. The van der Waals surface area contributed by atoms with E-state index >= 15 is 0 Å². The molecule has 2 rings (SSSR count). The smallest absolute Gasteiger partial charge is 0.272 e. The number of aromatic nitrogens is 3. The second kappa shape index (κ2) is 6.69. The molecule has 0 amide bonds. The molecule has 2 heterocycles. The molecule has 0 bridgehead atoms. The fraction of sp³-hybridized carbons (Fsp3) is 0.267. The average Bonchev–Trinajstić information content (AvgIpc) is 2.47. The molecule has 2 aromatic heterocycles. The van der Waals surface area contributed by atoms with Gasteiger partial charge in [0, 0.05) is 0 Å². The lowest BCUT2D eigenvalue weighted by Gasteiger charge is -2.04. The van der Waals surface area contributed by atoms with Crippen LogP contribution < -0.4 is 26.6 Å². The number of unbranched alkanes of at least 4 members (excludes halogenated alkanes) is 1. The Bertz CT molecular complexity index is 819. The number of hydrogen-bond donors (Lipinski definition) is 2. The van der Waals surface area contributed by atoms with Gasteiger partial charge in [0.2, 0.25) is 0 Å². The van der Waals surface area contributed by atoms with E-state index < -0.39 is 11.1 Å². The van der Waals surface area contributed by atoms with Gasteiger partial charge in [-0.05, 0) is 24.6 Å². The van der Waals surface area contributed by atoms with Crippen LogP contribution in [0.15, 0.2) is 27.9 Å². The summed E-state index contributed by atoms with van der Waals surface area (Å²) in [6, 6.07) is 3.49. The Morgan fingerprint density at radius 2 is 2.10 bits per heavy atom. The van der Waals surface area contributed by atoms with Gasteiger partial charge in [0.05, 0.1) is 23.8 Å². The Morgan fingerprint density at radius 3 is 2.76 bits per heavy atom. The van der Waals surface area contributed by atoms with Gasteiger partial charge in [-0.2, -0.15) is 0 Å². The molecule has 0 radical (unpaired) electrons. The maximum absolute atomic E-state index is 11.7. The zero-order valence-corrected chi connectivity index (χ0v) is 11.8. The second-order valence-electron chi connectivity index (χ2n) is 4.57. The Kier molecular flexibility index (Phi) is 4.71. The summed E-state index contributed by atoms with van der Waals surface area (Å²) in [5.74, 6) is 0.677. The molecule has 21 heavy (non-hydrogen) atoms. The topological polar surface area (TPSA) is 87.8 Å². The number of rotatable bonds is 5. The fourth-order valence-electron chi connectivity index (χ4n) is 1.66. The first-order chi connectivity index (χ1) is 10.1.